The number of furan rings is 2. The molecule has 192 valence electrons. The van der Waals surface area contributed by atoms with E-state index in [9.17, 15) is 9.59 Å². The molecular weight excluding hydrogens is 444 g/mol. The molecule has 0 N–H and O–H groups in total. The Bertz CT molecular complexity index is 1070. The van der Waals surface area contributed by atoms with E-state index in [-0.39, 0.29) is 23.3 Å². The van der Waals surface area contributed by atoms with Crippen molar-refractivity contribution in [3.05, 3.63) is 22.3 Å². The highest BCUT2D eigenvalue weighted by molar-refractivity contribution is 6.15. The van der Waals surface area contributed by atoms with Gasteiger partial charge in [-0.25, -0.2) is 9.59 Å². The number of hydrogen-bond acceptors (Lipinski definition) is 6. The van der Waals surface area contributed by atoms with Gasteiger partial charge in [-0.15, -0.1) is 0 Å². The summed E-state index contributed by atoms with van der Waals surface area (Å²) < 4.78 is 25.1. The van der Waals surface area contributed by atoms with Crippen molar-refractivity contribution in [1.82, 2.24) is 0 Å². The van der Waals surface area contributed by atoms with Crippen molar-refractivity contribution in [1.29, 1.82) is 0 Å². The Morgan fingerprint density at radius 1 is 0.771 bits per heavy atom. The molecule has 3 aliphatic rings. The molecule has 1 aliphatic heterocycles. The van der Waals surface area contributed by atoms with Gasteiger partial charge in [-0.3, -0.25) is 0 Å². The van der Waals surface area contributed by atoms with Crippen LogP contribution in [0.2, 0.25) is 0 Å². The summed E-state index contributed by atoms with van der Waals surface area (Å²) in [6, 6.07) is 0. The number of carbonyl (C=O) groups excluding carboxylic acids is 2. The highest BCUT2D eigenvalue weighted by Crippen LogP contribution is 2.53. The Kier molecular flexibility index (Phi) is 6.62. The minimum atomic E-state index is -0.458. The van der Waals surface area contributed by atoms with E-state index in [0.717, 1.165) is 94.6 Å². The summed E-state index contributed by atoms with van der Waals surface area (Å²) in [4.78, 5) is 27.6. The van der Waals surface area contributed by atoms with Crippen LogP contribution in [0.25, 0.3) is 11.2 Å². The highest BCUT2D eigenvalue weighted by Gasteiger charge is 2.47. The highest BCUT2D eigenvalue weighted by atomic mass is 16.6. The maximum atomic E-state index is 13.8. The van der Waals surface area contributed by atoms with Gasteiger partial charge in [0.1, 0.15) is 33.5 Å². The standard InChI is InChI=1S/C29H40O6/c1-5-13-19-21-20(18(6-2)32-19)24-22(26(30)34-28(7-3)14-9-10-15-28)23(25(21)33-24)27(31)35-29(8-4)16-11-12-17-29/h18-19H,5-17H2,1-4H3. The van der Waals surface area contributed by atoms with Crippen molar-refractivity contribution in [2.75, 3.05) is 0 Å². The lowest BCUT2D eigenvalue weighted by atomic mass is 9.92. The molecule has 6 nitrogen and oxygen atoms in total. The monoisotopic (exact) mass is 484 g/mol. The fraction of sp³-hybridized carbons (Fsp3) is 0.724. The zero-order valence-electron chi connectivity index (χ0n) is 21.8. The topological polar surface area (TPSA) is 75.0 Å². The Balaban J connectivity index is 1.60. The summed E-state index contributed by atoms with van der Waals surface area (Å²) in [6.07, 6.45) is 11.5. The van der Waals surface area contributed by atoms with Crippen molar-refractivity contribution in [2.45, 2.75) is 135 Å². The summed E-state index contributed by atoms with van der Waals surface area (Å²) in [5.41, 5.74) is 2.43. The first-order valence-corrected chi connectivity index (χ1v) is 13.9. The van der Waals surface area contributed by atoms with Crippen LogP contribution in [0.3, 0.4) is 0 Å². The fourth-order valence-electron chi connectivity index (χ4n) is 6.78. The van der Waals surface area contributed by atoms with E-state index in [1.807, 2.05) is 0 Å². The first-order valence-electron chi connectivity index (χ1n) is 13.9. The van der Waals surface area contributed by atoms with Crippen molar-refractivity contribution in [3.8, 4) is 0 Å². The minimum absolute atomic E-state index is 0.128. The van der Waals surface area contributed by atoms with E-state index in [0.29, 0.717) is 11.2 Å². The Morgan fingerprint density at radius 3 is 1.63 bits per heavy atom. The van der Waals surface area contributed by atoms with E-state index in [1.165, 1.54) is 0 Å². The number of esters is 2. The molecule has 3 heterocycles. The summed E-state index contributed by atoms with van der Waals surface area (Å²) in [6.45, 7) is 8.34. The van der Waals surface area contributed by atoms with Gasteiger partial charge in [-0.1, -0.05) is 34.1 Å². The van der Waals surface area contributed by atoms with Gasteiger partial charge in [-0.2, -0.15) is 0 Å². The quantitative estimate of drug-likeness (QED) is 0.336. The molecule has 2 aromatic heterocycles. The molecule has 2 unspecified atom stereocenters. The molecule has 5 rings (SSSR count). The van der Waals surface area contributed by atoms with Crippen molar-refractivity contribution < 1.29 is 28.2 Å². The van der Waals surface area contributed by atoms with E-state index in [4.69, 9.17) is 18.6 Å². The lowest BCUT2D eigenvalue weighted by Gasteiger charge is -2.29. The molecule has 35 heavy (non-hydrogen) atoms. The Labute approximate surface area is 208 Å². The molecule has 6 heteroatoms. The van der Waals surface area contributed by atoms with Gasteiger partial charge in [0.05, 0.1) is 12.2 Å². The van der Waals surface area contributed by atoms with Crippen molar-refractivity contribution in [3.63, 3.8) is 0 Å². The van der Waals surface area contributed by atoms with Gasteiger partial charge in [0, 0.05) is 11.1 Å². The van der Waals surface area contributed by atoms with E-state index in [1.54, 1.807) is 0 Å². The lowest BCUT2D eigenvalue weighted by molar-refractivity contribution is -0.0212. The second-order valence-corrected chi connectivity index (χ2v) is 10.9. The molecule has 0 radical (unpaired) electrons. The summed E-state index contributed by atoms with van der Waals surface area (Å²) >= 11 is 0. The van der Waals surface area contributed by atoms with Crippen LogP contribution >= 0.6 is 0 Å². The molecule has 0 aromatic carbocycles. The molecule has 0 amide bonds. The van der Waals surface area contributed by atoms with Gasteiger partial charge in [0.25, 0.3) is 0 Å². The van der Waals surface area contributed by atoms with Gasteiger partial charge >= 0.3 is 11.9 Å². The maximum Gasteiger partial charge on any atom is 0.343 e. The second-order valence-electron chi connectivity index (χ2n) is 10.9. The van der Waals surface area contributed by atoms with Gasteiger partial charge in [0.2, 0.25) is 0 Å². The largest absolute Gasteiger partial charge is 0.455 e. The van der Waals surface area contributed by atoms with Crippen LogP contribution < -0.4 is 0 Å². The van der Waals surface area contributed by atoms with Crippen LogP contribution in [0.1, 0.15) is 155 Å². The number of hydrogen-bond donors (Lipinski definition) is 0. The molecule has 2 saturated carbocycles. The third-order valence-corrected chi connectivity index (χ3v) is 8.93. The predicted molar refractivity (Wildman–Crippen MR) is 133 cm³/mol. The van der Waals surface area contributed by atoms with E-state index in [2.05, 4.69) is 27.7 Å². The zero-order chi connectivity index (χ0) is 24.8. The molecule has 2 fully saturated rings. The summed E-state index contributed by atoms with van der Waals surface area (Å²) in [5, 5.41) is 0. The molecule has 0 saturated heterocycles. The van der Waals surface area contributed by atoms with Crippen LogP contribution in [0, 0.1) is 0 Å². The molecule has 2 aliphatic carbocycles. The average molecular weight is 485 g/mol. The summed E-state index contributed by atoms with van der Waals surface area (Å²) in [5.74, 6) is -0.910. The van der Waals surface area contributed by atoms with Crippen LogP contribution in [0.4, 0.5) is 0 Å². The molecule has 2 bridgehead atoms. The summed E-state index contributed by atoms with van der Waals surface area (Å²) in [7, 11) is 0. The minimum Gasteiger partial charge on any atom is -0.455 e. The van der Waals surface area contributed by atoms with Crippen molar-refractivity contribution in [2.24, 2.45) is 0 Å². The molecule has 2 aromatic rings. The van der Waals surface area contributed by atoms with Crippen molar-refractivity contribution >= 4 is 23.1 Å². The number of rotatable bonds is 9. The predicted octanol–water partition coefficient (Wildman–Crippen LogP) is 7.95. The van der Waals surface area contributed by atoms with Gasteiger partial charge in [0.15, 0.2) is 0 Å². The molecule has 2 atom stereocenters. The average Bonchev–Trinajstić information content (AvgIpc) is 3.66. The smallest absolute Gasteiger partial charge is 0.343 e. The third-order valence-electron chi connectivity index (χ3n) is 8.93. The lowest BCUT2D eigenvalue weighted by Crippen LogP contribution is -2.33. The van der Waals surface area contributed by atoms with Crippen LogP contribution in [0.5, 0.6) is 0 Å². The maximum absolute atomic E-state index is 13.8. The van der Waals surface area contributed by atoms with Gasteiger partial charge in [-0.05, 0) is 77.0 Å². The van der Waals surface area contributed by atoms with E-state index < -0.39 is 23.1 Å². The number of ether oxygens (including phenoxy) is 3. The third kappa shape index (κ3) is 3.96. The Hall–Kier alpha value is -2.08. The molecular formula is C29H40O6. The SMILES string of the molecule is CCCC1OC(CC)c2c1c1oc2c(C(=O)OC2(CC)CCCC2)c1C(=O)OC1(CC)CCCC1. The number of carbonyl (C=O) groups is 2. The number of benzene rings is 1. The van der Waals surface area contributed by atoms with Crippen LogP contribution in [-0.4, -0.2) is 23.1 Å². The normalized spacial score (nSPS) is 24.8. The van der Waals surface area contributed by atoms with Crippen LogP contribution in [0.15, 0.2) is 4.42 Å². The van der Waals surface area contributed by atoms with E-state index >= 15 is 0 Å². The number of fused-ring (bicyclic) bond motifs is 5. The first kappa shape index (κ1) is 24.6. The fourth-order valence-corrected chi connectivity index (χ4v) is 6.78. The Morgan fingerprint density at radius 2 is 1.23 bits per heavy atom. The molecule has 0 spiro atoms. The van der Waals surface area contributed by atoms with Crippen LogP contribution in [-0.2, 0) is 14.2 Å². The van der Waals surface area contributed by atoms with Gasteiger partial charge < -0.3 is 18.6 Å². The second kappa shape index (κ2) is 9.42. The first-order chi connectivity index (χ1) is 16.9. The zero-order valence-corrected chi connectivity index (χ0v) is 21.8.